The van der Waals surface area contributed by atoms with Crippen molar-refractivity contribution < 1.29 is 31.5 Å². The van der Waals surface area contributed by atoms with Crippen molar-refractivity contribution in [3.8, 4) is 0 Å². The van der Waals surface area contributed by atoms with Crippen LogP contribution < -0.4 is 10.2 Å². The van der Waals surface area contributed by atoms with Crippen LogP contribution in [0.4, 0.5) is 27.6 Å². The Kier molecular flexibility index (Phi) is 7.12. The molecule has 2 aromatic carbocycles. The number of fused-ring (bicyclic) bond motifs is 1. The number of methoxy groups -OCH3 is 1. The summed E-state index contributed by atoms with van der Waals surface area (Å²) in [6, 6.07) is 9.83. The van der Waals surface area contributed by atoms with Gasteiger partial charge in [0.05, 0.1) is 23.6 Å². The van der Waals surface area contributed by atoms with E-state index in [1.165, 1.54) is 11.0 Å². The van der Waals surface area contributed by atoms with Crippen molar-refractivity contribution in [2.45, 2.75) is 68.8 Å². The molecule has 42 heavy (non-hydrogen) atoms. The Hall–Kier alpha value is -3.38. The predicted octanol–water partition coefficient (Wildman–Crippen LogP) is 5.61. The van der Waals surface area contributed by atoms with Crippen molar-refractivity contribution in [1.82, 2.24) is 20.1 Å². The van der Waals surface area contributed by atoms with Crippen LogP contribution in [-0.4, -0.2) is 46.4 Å². The Morgan fingerprint density at radius 1 is 1.17 bits per heavy atom. The van der Waals surface area contributed by atoms with E-state index in [9.17, 15) is 26.7 Å². The molecule has 1 N–H and O–H groups in total. The molecule has 2 saturated carbocycles. The molecule has 1 unspecified atom stereocenters. The third-order valence-electron chi connectivity index (χ3n) is 9.16. The highest BCUT2D eigenvalue weighted by atomic mass is 19.4. The predicted molar refractivity (Wildman–Crippen MR) is 144 cm³/mol. The third kappa shape index (κ3) is 4.88. The molecule has 3 aliphatic rings. The SMILES string of the molecule is CO[C@H]1C[C@](c2cccc(N3Cc4c(cc(CNCCC5CCC5(F)F)cc4C(F)(F)F)C3=O)c2)(c2nncn2C)C1. The lowest BCUT2D eigenvalue weighted by Gasteiger charge is -2.46. The molecule has 1 aromatic heterocycles. The highest BCUT2D eigenvalue weighted by molar-refractivity contribution is 6.10. The normalized spacial score (nSPS) is 24.8. The van der Waals surface area contributed by atoms with E-state index in [-0.39, 0.29) is 55.3 Å². The van der Waals surface area contributed by atoms with E-state index in [1.807, 2.05) is 23.7 Å². The van der Waals surface area contributed by atoms with Crippen molar-refractivity contribution in [2.75, 3.05) is 18.6 Å². The molecule has 6 rings (SSSR count). The molecule has 2 fully saturated rings. The van der Waals surface area contributed by atoms with Crippen molar-refractivity contribution in [3.05, 3.63) is 76.4 Å². The molecule has 1 amide bonds. The summed E-state index contributed by atoms with van der Waals surface area (Å²) >= 11 is 0. The van der Waals surface area contributed by atoms with Gasteiger partial charge in [-0.1, -0.05) is 12.1 Å². The van der Waals surface area contributed by atoms with Gasteiger partial charge < -0.3 is 19.5 Å². The lowest BCUT2D eigenvalue weighted by atomic mass is 9.62. The minimum atomic E-state index is -4.66. The Morgan fingerprint density at radius 2 is 1.95 bits per heavy atom. The van der Waals surface area contributed by atoms with Crippen molar-refractivity contribution in [1.29, 1.82) is 0 Å². The lowest BCUT2D eigenvalue weighted by molar-refractivity contribution is -0.138. The number of benzene rings is 2. The zero-order valence-electron chi connectivity index (χ0n) is 23.3. The van der Waals surface area contributed by atoms with Crippen LogP contribution in [-0.2, 0) is 36.5 Å². The van der Waals surface area contributed by atoms with E-state index in [2.05, 4.69) is 15.5 Å². The Morgan fingerprint density at radius 3 is 2.57 bits per heavy atom. The van der Waals surface area contributed by atoms with E-state index in [0.29, 0.717) is 24.9 Å². The first-order valence-corrected chi connectivity index (χ1v) is 14.0. The zero-order chi connectivity index (χ0) is 29.9. The molecule has 2 heterocycles. The highest BCUT2D eigenvalue weighted by Crippen LogP contribution is 2.50. The maximum Gasteiger partial charge on any atom is 0.416 e. The van der Waals surface area contributed by atoms with Gasteiger partial charge in [0.2, 0.25) is 0 Å². The summed E-state index contributed by atoms with van der Waals surface area (Å²) in [7, 11) is 3.51. The summed E-state index contributed by atoms with van der Waals surface area (Å²) in [4.78, 5) is 15.0. The van der Waals surface area contributed by atoms with Crippen LogP contribution in [0.5, 0.6) is 0 Å². The summed E-state index contributed by atoms with van der Waals surface area (Å²) in [5.41, 5.74) is 0.234. The van der Waals surface area contributed by atoms with E-state index < -0.39 is 34.9 Å². The van der Waals surface area contributed by atoms with Gasteiger partial charge in [-0.2, -0.15) is 13.2 Å². The Balaban J connectivity index is 1.26. The fourth-order valence-corrected chi connectivity index (χ4v) is 6.58. The molecular formula is C30H32F5N5O2. The summed E-state index contributed by atoms with van der Waals surface area (Å²) in [6.07, 6.45) is -1.14. The first-order valence-electron chi connectivity index (χ1n) is 14.0. The van der Waals surface area contributed by atoms with Crippen molar-refractivity contribution in [2.24, 2.45) is 13.0 Å². The number of aromatic nitrogens is 3. The average molecular weight is 590 g/mol. The summed E-state index contributed by atoms with van der Waals surface area (Å²) in [5, 5.41) is 11.4. The molecule has 12 heteroatoms. The third-order valence-corrected chi connectivity index (χ3v) is 9.16. The lowest BCUT2D eigenvalue weighted by Crippen LogP contribution is -2.48. The van der Waals surface area contributed by atoms with Gasteiger partial charge in [-0.05, 0) is 73.2 Å². The fraction of sp³-hybridized carbons (Fsp3) is 0.500. The molecule has 0 radical (unpaired) electrons. The van der Waals surface area contributed by atoms with Gasteiger partial charge in [-0.3, -0.25) is 4.79 Å². The number of nitrogens with zero attached hydrogens (tertiary/aromatic N) is 4. The number of halogens is 5. The number of carbonyl (C=O) groups is 1. The van der Waals surface area contributed by atoms with Gasteiger partial charge >= 0.3 is 6.18 Å². The van der Waals surface area contributed by atoms with Crippen molar-refractivity contribution in [3.63, 3.8) is 0 Å². The van der Waals surface area contributed by atoms with E-state index in [0.717, 1.165) is 17.5 Å². The van der Waals surface area contributed by atoms with Gasteiger partial charge in [0, 0.05) is 44.3 Å². The number of anilines is 1. The Bertz CT molecular complexity index is 1500. The second kappa shape index (κ2) is 10.4. The summed E-state index contributed by atoms with van der Waals surface area (Å²) in [5.74, 6) is -3.12. The summed E-state index contributed by atoms with van der Waals surface area (Å²) in [6.45, 7) is 0.0790. The molecule has 2 aliphatic carbocycles. The maximum atomic E-state index is 14.2. The quantitative estimate of drug-likeness (QED) is 0.260. The number of hydrogen-bond donors (Lipinski definition) is 1. The Labute approximate surface area is 240 Å². The molecule has 0 bridgehead atoms. The number of hydrogen-bond acceptors (Lipinski definition) is 5. The largest absolute Gasteiger partial charge is 0.416 e. The molecule has 1 atom stereocenters. The second-order valence-corrected chi connectivity index (χ2v) is 11.7. The molecule has 3 aromatic rings. The smallest absolute Gasteiger partial charge is 0.381 e. The summed E-state index contributed by atoms with van der Waals surface area (Å²) < 4.78 is 77.0. The van der Waals surface area contributed by atoms with Gasteiger partial charge in [0.1, 0.15) is 12.2 Å². The number of ether oxygens (including phenoxy) is 1. The van der Waals surface area contributed by atoms with Gasteiger partial charge in [-0.25, -0.2) is 8.78 Å². The maximum absolute atomic E-state index is 14.2. The minimum absolute atomic E-state index is 0.00339. The first-order chi connectivity index (χ1) is 19.9. The standard InChI is InChI=1S/C30H32F5N5O2/c1-39-17-37-38-27(39)28(13-22(14-28)42-2)20-4-3-5-21(12-20)40-16-24-23(26(40)41)10-18(11-25(24)30(33,34)35)15-36-9-7-19-6-8-29(19,31)32/h3-5,10-12,17,19,22,36H,6-9,13-16H2,1-2H3/t19?,22-,28-. The minimum Gasteiger partial charge on any atom is -0.381 e. The van der Waals surface area contributed by atoms with Gasteiger partial charge in [0.15, 0.2) is 0 Å². The van der Waals surface area contributed by atoms with Crippen LogP contribution in [0.15, 0.2) is 42.7 Å². The van der Waals surface area contributed by atoms with Crippen LogP contribution in [0.2, 0.25) is 0 Å². The number of alkyl halides is 5. The van der Waals surface area contributed by atoms with Crippen LogP contribution in [0, 0.1) is 5.92 Å². The van der Waals surface area contributed by atoms with Crippen LogP contribution >= 0.6 is 0 Å². The molecule has 0 spiro atoms. The van der Waals surface area contributed by atoms with E-state index in [1.54, 1.807) is 25.6 Å². The van der Waals surface area contributed by atoms with Crippen molar-refractivity contribution >= 4 is 11.6 Å². The molecule has 1 aliphatic heterocycles. The van der Waals surface area contributed by atoms with Crippen LogP contribution in [0.3, 0.4) is 0 Å². The number of rotatable bonds is 9. The first kappa shape index (κ1) is 28.7. The number of aryl methyl sites for hydroxylation is 1. The molecular weight excluding hydrogens is 557 g/mol. The van der Waals surface area contributed by atoms with E-state index in [4.69, 9.17) is 4.74 Å². The molecule has 0 saturated heterocycles. The number of carbonyl (C=O) groups excluding carboxylic acids is 1. The van der Waals surface area contributed by atoms with Gasteiger partial charge in [-0.15, -0.1) is 10.2 Å². The van der Waals surface area contributed by atoms with E-state index >= 15 is 0 Å². The topological polar surface area (TPSA) is 72.3 Å². The van der Waals surface area contributed by atoms with Crippen LogP contribution in [0.25, 0.3) is 0 Å². The van der Waals surface area contributed by atoms with Crippen LogP contribution in [0.1, 0.15) is 70.5 Å². The molecule has 7 nitrogen and oxygen atoms in total. The molecule has 224 valence electrons. The van der Waals surface area contributed by atoms with Gasteiger partial charge in [0.25, 0.3) is 11.8 Å². The fourth-order valence-electron chi connectivity index (χ4n) is 6.58. The number of amides is 1. The highest BCUT2D eigenvalue weighted by Gasteiger charge is 2.51. The average Bonchev–Trinajstić information content (AvgIpc) is 3.50. The zero-order valence-corrected chi connectivity index (χ0v) is 23.3. The monoisotopic (exact) mass is 589 g/mol. The second-order valence-electron chi connectivity index (χ2n) is 11.7. The number of nitrogens with one attached hydrogen (secondary N) is 1.